The third-order valence-corrected chi connectivity index (χ3v) is 66.3. The molecule has 0 aromatic rings. The molecular weight excluding hydrogens is 279 g/mol. The van der Waals surface area contributed by atoms with Gasteiger partial charge in [0.25, 0.3) is 0 Å². The van der Waals surface area contributed by atoms with E-state index < -0.39 is 6.51 Å². The van der Waals surface area contributed by atoms with E-state index in [9.17, 15) is 0 Å². The van der Waals surface area contributed by atoms with Gasteiger partial charge >= 0.3 is 101 Å². The van der Waals surface area contributed by atoms with E-state index in [2.05, 4.69) is 13.8 Å². The summed E-state index contributed by atoms with van der Waals surface area (Å²) in [7, 11) is 0.522. The van der Waals surface area contributed by atoms with Gasteiger partial charge in [-0.3, -0.25) is 0 Å². The summed E-state index contributed by atoms with van der Waals surface area (Å²) in [6.45, 7) is 2.27. The van der Waals surface area contributed by atoms with Crippen molar-refractivity contribution in [3.05, 3.63) is 0 Å². The minimum absolute atomic E-state index is 0.522. The van der Waals surface area contributed by atoms with E-state index in [-0.39, 0.29) is 0 Å². The molecule has 10 fully saturated rings. The zero-order valence-electron chi connectivity index (χ0n) is 11.3. The van der Waals surface area contributed by atoms with Crippen LogP contribution >= 0.6 is 7.92 Å². The Labute approximate surface area is 101 Å². The fourth-order valence-corrected chi connectivity index (χ4v) is 109. The number of hydrogen-bond donors (Lipinski definition) is 0. The topological polar surface area (TPSA) is 0 Å². The molecule has 0 N–H and O–H groups in total. The maximum absolute atomic E-state index is 2.69. The van der Waals surface area contributed by atoms with Gasteiger partial charge in [0, 0.05) is 0 Å². The van der Waals surface area contributed by atoms with Gasteiger partial charge in [0.1, 0.15) is 0 Å². The molecule has 10 aliphatic heterocycles. The summed E-state index contributed by atoms with van der Waals surface area (Å²) in [5.41, 5.74) is 0. The Morgan fingerprint density at radius 3 is 1.44 bits per heavy atom. The Hall–Kier alpha value is 0.949. The molecule has 0 amide bonds. The first-order valence-corrected chi connectivity index (χ1v) is 16.5. The predicted molar refractivity (Wildman–Crippen MR) is 73.7 cm³/mol. The quantitative estimate of drug-likeness (QED) is 0.459. The van der Waals surface area contributed by atoms with E-state index in [1.165, 1.54) is 16.9 Å². The first-order chi connectivity index (χ1) is 8.56. The summed E-state index contributed by atoms with van der Waals surface area (Å²) < 4.78 is 1.28. The van der Waals surface area contributed by atoms with Gasteiger partial charge in [-0.25, -0.2) is 0 Å². The monoisotopic (exact) mass is 302 g/mol. The van der Waals surface area contributed by atoms with E-state index in [0.717, 1.165) is 0 Å². The van der Waals surface area contributed by atoms with Gasteiger partial charge in [0.2, 0.25) is 0 Å². The molecule has 10 saturated heterocycles. The number of fused-ring (bicyclic) bond motifs is 10. The van der Waals surface area contributed by atoms with Gasteiger partial charge in [0.05, 0.1) is 0 Å². The van der Waals surface area contributed by atoms with Gasteiger partial charge in [-0.15, -0.1) is 0 Å². The maximum atomic E-state index is 2.48. The molecule has 100 valence electrons. The van der Waals surface area contributed by atoms with Crippen molar-refractivity contribution in [3.8, 4) is 0 Å². The van der Waals surface area contributed by atoms with Gasteiger partial charge in [-0.2, -0.15) is 0 Å². The number of rotatable bonds is 5. The molecule has 0 aromatic carbocycles. The second-order valence-corrected chi connectivity index (χ2v) is 38.3. The molecule has 0 aliphatic carbocycles. The van der Waals surface area contributed by atoms with Crippen LogP contribution in [0.4, 0.5) is 0 Å². The molecule has 10 rings (SSSR count). The molecular formula is C16H23FeP. The van der Waals surface area contributed by atoms with Crippen LogP contribution in [0.5, 0.6) is 0 Å². The Morgan fingerprint density at radius 2 is 1.22 bits per heavy atom. The fourth-order valence-electron chi connectivity index (χ4n) is 17.9. The van der Waals surface area contributed by atoms with Gasteiger partial charge in [0.15, 0.2) is 0 Å². The average Bonchev–Trinajstić information content (AvgIpc) is 3.31. The van der Waals surface area contributed by atoms with Crippen molar-refractivity contribution in [2.75, 3.05) is 12.3 Å². The van der Waals surface area contributed by atoms with E-state index in [4.69, 9.17) is 0 Å². The van der Waals surface area contributed by atoms with Crippen LogP contribution in [0.1, 0.15) is 26.7 Å². The van der Waals surface area contributed by atoms with Gasteiger partial charge in [-0.1, -0.05) is 0 Å². The summed E-state index contributed by atoms with van der Waals surface area (Å²) in [5.74, 6) is 0. The Kier molecular flexibility index (Phi) is 0.303. The molecule has 4 unspecified atom stereocenters. The molecule has 18 heavy (non-hydrogen) atoms. The first-order valence-electron chi connectivity index (χ1n) is 8.53. The van der Waals surface area contributed by atoms with E-state index in [1.807, 2.05) is 0 Å². The Balaban J connectivity index is 1.45. The van der Waals surface area contributed by atoms with E-state index in [1.54, 1.807) is 55.7 Å². The number of hydrogen-bond acceptors (Lipinski definition) is 0. The molecule has 0 saturated carbocycles. The summed E-state index contributed by atoms with van der Waals surface area (Å²) in [6.07, 6.45) is 6.44. The van der Waals surface area contributed by atoms with Crippen LogP contribution in [0.2, 0.25) is 43.3 Å². The molecule has 2 heteroatoms. The van der Waals surface area contributed by atoms with Crippen LogP contribution in [0.15, 0.2) is 0 Å². The van der Waals surface area contributed by atoms with Crippen molar-refractivity contribution in [1.82, 2.24) is 0 Å². The summed E-state index contributed by atoms with van der Waals surface area (Å²) in [5, 5.41) is 0. The van der Waals surface area contributed by atoms with Crippen molar-refractivity contribution in [3.63, 3.8) is 0 Å². The average molecular weight is 302 g/mol. The van der Waals surface area contributed by atoms with Crippen LogP contribution in [-0.2, 0) is 6.51 Å². The van der Waals surface area contributed by atoms with Gasteiger partial charge in [-0.05, 0) is 0 Å². The first kappa shape index (κ1) is 7.82. The molecule has 10 aliphatic rings. The van der Waals surface area contributed by atoms with Crippen molar-refractivity contribution < 1.29 is 6.51 Å². The van der Waals surface area contributed by atoms with Crippen molar-refractivity contribution in [2.45, 2.75) is 74.1 Å². The molecule has 10 heterocycles. The van der Waals surface area contributed by atoms with Crippen LogP contribution < -0.4 is 0 Å². The van der Waals surface area contributed by atoms with Crippen LogP contribution in [-0.4, -0.2) is 16.4 Å². The summed E-state index contributed by atoms with van der Waals surface area (Å²) in [4.78, 5) is 14.1. The SMILES string of the molecule is CCCP(CCC)[C]12[CH]3[CH]4[CH]5[CH]1[Fe]45321678[CH]2[CH]1[CH]6[CH]7[CH]28. The third-order valence-electron chi connectivity index (χ3n) is 16.1. The van der Waals surface area contributed by atoms with Crippen LogP contribution in [0.3, 0.4) is 0 Å². The van der Waals surface area contributed by atoms with E-state index >= 15 is 0 Å². The normalized spacial score (nSPS) is 114. The molecule has 0 bridgehead atoms. The van der Waals surface area contributed by atoms with Crippen LogP contribution in [0.25, 0.3) is 0 Å². The minimum atomic E-state index is -2.69. The Bertz CT molecular complexity index is 859. The second kappa shape index (κ2) is 0.698. The van der Waals surface area contributed by atoms with E-state index in [0.29, 0.717) is 7.92 Å². The van der Waals surface area contributed by atoms with Crippen molar-refractivity contribution in [2.24, 2.45) is 0 Å². The summed E-state index contributed by atoms with van der Waals surface area (Å²) in [6, 6.07) is 0. The Morgan fingerprint density at radius 1 is 0.778 bits per heavy atom. The standard InChI is InChI=1S/C11H18P.C5H5.Fe/c1-3-9-12(10-4-2)11-7-5-6-8-11;1-2-4-5-3-1;/h5-8H,3-4,9-10H2,1-2H3;1-5H;. The molecule has 4 atom stereocenters. The molecule has 1 spiro atoms. The fraction of sp³-hybridized carbons (Fsp3) is 1.00. The predicted octanol–water partition coefficient (Wildman–Crippen LogP) is 5.59. The third kappa shape index (κ3) is 0.0845. The van der Waals surface area contributed by atoms with Crippen molar-refractivity contribution >= 4 is 7.92 Å². The summed E-state index contributed by atoms with van der Waals surface area (Å²) >= 11 is 0. The zero-order valence-corrected chi connectivity index (χ0v) is 13.3. The molecule has 0 nitrogen and oxygen atoms in total. The second-order valence-electron chi connectivity index (χ2n) is 11.6. The van der Waals surface area contributed by atoms with Gasteiger partial charge < -0.3 is 0 Å². The molecule has 0 radical (unpaired) electrons. The zero-order chi connectivity index (χ0) is 11.4. The molecule has 0 aromatic heterocycles. The van der Waals surface area contributed by atoms with Crippen molar-refractivity contribution in [1.29, 1.82) is 0 Å². The van der Waals surface area contributed by atoms with Crippen LogP contribution in [0, 0.1) is 0 Å².